The maximum atomic E-state index is 6.51. The molecule has 0 N–H and O–H groups in total. The molecule has 2 rings (SSSR count). The van der Waals surface area contributed by atoms with E-state index in [9.17, 15) is 0 Å². The summed E-state index contributed by atoms with van der Waals surface area (Å²) >= 11 is 0. The van der Waals surface area contributed by atoms with Crippen LogP contribution in [0.15, 0.2) is 11.6 Å². The number of fused-ring (bicyclic) bond motifs is 1. The van der Waals surface area contributed by atoms with Gasteiger partial charge in [0, 0.05) is 5.56 Å². The van der Waals surface area contributed by atoms with Crippen LogP contribution in [-0.2, 0) is 6.42 Å². The van der Waals surface area contributed by atoms with Gasteiger partial charge in [0.1, 0.15) is 17.1 Å². The summed E-state index contributed by atoms with van der Waals surface area (Å²) in [6.45, 7) is 13.0. The molecule has 0 amide bonds. The lowest BCUT2D eigenvalue weighted by Gasteiger charge is -2.38. The van der Waals surface area contributed by atoms with Crippen molar-refractivity contribution in [2.45, 2.75) is 72.8 Å². The van der Waals surface area contributed by atoms with Gasteiger partial charge in [0.05, 0.1) is 7.11 Å². The Labute approximate surface area is 135 Å². The van der Waals surface area contributed by atoms with Gasteiger partial charge in [-0.2, -0.15) is 0 Å². The lowest BCUT2D eigenvalue weighted by atomic mass is 9.85. The minimum Gasteiger partial charge on any atom is -0.496 e. The van der Waals surface area contributed by atoms with Crippen molar-refractivity contribution < 1.29 is 9.47 Å². The van der Waals surface area contributed by atoms with Crippen LogP contribution in [0.4, 0.5) is 0 Å². The fourth-order valence-electron chi connectivity index (χ4n) is 3.43. The van der Waals surface area contributed by atoms with E-state index < -0.39 is 0 Å². The standard InChI is InChI=1S/C20H30O2/c1-13(2)9-8-11-20(6)12-10-17-16(5)18(21-7)14(3)15(4)19(17)22-20/h9H,8,10-12H2,1-7H3/t20-/m1/s1. The maximum absolute atomic E-state index is 6.51. The summed E-state index contributed by atoms with van der Waals surface area (Å²) in [5.41, 5.74) is 6.33. The summed E-state index contributed by atoms with van der Waals surface area (Å²) in [5.74, 6) is 2.12. The fourth-order valence-corrected chi connectivity index (χ4v) is 3.43. The Morgan fingerprint density at radius 3 is 2.45 bits per heavy atom. The molecule has 0 saturated carbocycles. The van der Waals surface area contributed by atoms with Crippen molar-refractivity contribution in [1.82, 2.24) is 0 Å². The SMILES string of the molecule is COc1c(C)c(C)c2c(c1C)CC[C@@](C)(CCC=C(C)C)O2. The molecule has 122 valence electrons. The van der Waals surface area contributed by atoms with E-state index in [1.807, 2.05) is 0 Å². The van der Waals surface area contributed by atoms with E-state index >= 15 is 0 Å². The molecule has 0 spiro atoms. The van der Waals surface area contributed by atoms with E-state index in [4.69, 9.17) is 9.47 Å². The molecule has 1 aliphatic rings. The molecule has 0 fully saturated rings. The van der Waals surface area contributed by atoms with Crippen molar-refractivity contribution in [2.24, 2.45) is 0 Å². The van der Waals surface area contributed by atoms with Crippen LogP contribution in [0.2, 0.25) is 0 Å². The first-order valence-electron chi connectivity index (χ1n) is 8.28. The molecule has 1 heterocycles. The highest BCUT2D eigenvalue weighted by Gasteiger charge is 2.34. The molecule has 2 heteroatoms. The molecule has 0 bridgehead atoms. The van der Waals surface area contributed by atoms with Crippen molar-refractivity contribution in [2.75, 3.05) is 7.11 Å². The number of benzene rings is 1. The van der Waals surface area contributed by atoms with Crippen molar-refractivity contribution in [3.63, 3.8) is 0 Å². The van der Waals surface area contributed by atoms with E-state index in [-0.39, 0.29) is 5.60 Å². The van der Waals surface area contributed by atoms with Crippen LogP contribution in [0, 0.1) is 20.8 Å². The van der Waals surface area contributed by atoms with Gasteiger partial charge in [0.2, 0.25) is 0 Å². The van der Waals surface area contributed by atoms with Crippen LogP contribution < -0.4 is 9.47 Å². The minimum absolute atomic E-state index is 0.0584. The Morgan fingerprint density at radius 1 is 1.18 bits per heavy atom. The van der Waals surface area contributed by atoms with Crippen LogP contribution in [0.5, 0.6) is 11.5 Å². The predicted molar refractivity (Wildman–Crippen MR) is 93.2 cm³/mol. The average molecular weight is 302 g/mol. The predicted octanol–water partition coefficient (Wildman–Crippen LogP) is 5.45. The van der Waals surface area contributed by atoms with E-state index in [1.165, 1.54) is 27.8 Å². The first kappa shape index (κ1) is 16.9. The molecule has 0 unspecified atom stereocenters. The summed E-state index contributed by atoms with van der Waals surface area (Å²) in [6, 6.07) is 0. The number of hydrogen-bond donors (Lipinski definition) is 0. The molecule has 0 aromatic heterocycles. The number of hydrogen-bond acceptors (Lipinski definition) is 2. The molecule has 1 aromatic rings. The Morgan fingerprint density at radius 2 is 1.86 bits per heavy atom. The van der Waals surface area contributed by atoms with Crippen LogP contribution in [-0.4, -0.2) is 12.7 Å². The Balaban J connectivity index is 2.32. The summed E-state index contributed by atoms with van der Waals surface area (Å²) in [4.78, 5) is 0. The largest absolute Gasteiger partial charge is 0.496 e. The molecule has 0 saturated heterocycles. The molecule has 0 aliphatic carbocycles. The third-order valence-electron chi connectivity index (χ3n) is 4.99. The lowest BCUT2D eigenvalue weighted by molar-refractivity contribution is 0.0558. The second-order valence-electron chi connectivity index (χ2n) is 7.09. The Bertz CT molecular complexity index is 594. The maximum Gasteiger partial charge on any atom is 0.127 e. The smallest absolute Gasteiger partial charge is 0.127 e. The van der Waals surface area contributed by atoms with E-state index in [1.54, 1.807) is 7.11 Å². The zero-order chi connectivity index (χ0) is 16.5. The Hall–Kier alpha value is -1.44. The van der Waals surface area contributed by atoms with Gasteiger partial charge in [-0.15, -0.1) is 0 Å². The van der Waals surface area contributed by atoms with Crippen LogP contribution >= 0.6 is 0 Å². The van der Waals surface area contributed by atoms with Crippen molar-refractivity contribution >= 4 is 0 Å². The topological polar surface area (TPSA) is 18.5 Å². The van der Waals surface area contributed by atoms with Crippen molar-refractivity contribution in [3.8, 4) is 11.5 Å². The van der Waals surface area contributed by atoms with Crippen LogP contribution in [0.1, 0.15) is 62.3 Å². The van der Waals surface area contributed by atoms with Gasteiger partial charge < -0.3 is 9.47 Å². The third kappa shape index (κ3) is 3.16. The fraction of sp³-hybridized carbons (Fsp3) is 0.600. The molecule has 2 nitrogen and oxygen atoms in total. The summed E-state index contributed by atoms with van der Waals surface area (Å²) < 4.78 is 12.1. The first-order chi connectivity index (χ1) is 10.3. The quantitative estimate of drug-likeness (QED) is 0.688. The van der Waals surface area contributed by atoms with Crippen molar-refractivity contribution in [1.29, 1.82) is 0 Å². The van der Waals surface area contributed by atoms with E-state index in [0.29, 0.717) is 0 Å². The molecule has 0 radical (unpaired) electrons. The van der Waals surface area contributed by atoms with Gasteiger partial charge in [-0.05, 0) is 83.9 Å². The number of ether oxygens (including phenoxy) is 2. The summed E-state index contributed by atoms with van der Waals surface area (Å²) in [6.07, 6.45) is 6.61. The van der Waals surface area contributed by atoms with Crippen LogP contribution in [0.25, 0.3) is 0 Å². The summed E-state index contributed by atoms with van der Waals surface area (Å²) in [7, 11) is 1.76. The van der Waals surface area contributed by atoms with E-state index in [0.717, 1.165) is 37.2 Å². The van der Waals surface area contributed by atoms with Crippen LogP contribution in [0.3, 0.4) is 0 Å². The highest BCUT2D eigenvalue weighted by molar-refractivity contribution is 5.58. The number of methoxy groups -OCH3 is 1. The van der Waals surface area contributed by atoms with Gasteiger partial charge in [-0.25, -0.2) is 0 Å². The zero-order valence-corrected chi connectivity index (χ0v) is 15.2. The summed E-state index contributed by atoms with van der Waals surface area (Å²) in [5, 5.41) is 0. The van der Waals surface area contributed by atoms with Crippen molar-refractivity contribution in [3.05, 3.63) is 33.9 Å². The zero-order valence-electron chi connectivity index (χ0n) is 15.2. The van der Waals surface area contributed by atoms with Gasteiger partial charge in [0.25, 0.3) is 0 Å². The van der Waals surface area contributed by atoms with Gasteiger partial charge in [0.15, 0.2) is 0 Å². The normalized spacial score (nSPS) is 20.1. The molecule has 1 atom stereocenters. The number of allylic oxidation sites excluding steroid dienone is 2. The lowest BCUT2D eigenvalue weighted by Crippen LogP contribution is -2.37. The second kappa shape index (κ2) is 6.36. The third-order valence-corrected chi connectivity index (χ3v) is 4.99. The average Bonchev–Trinajstić information content (AvgIpc) is 2.45. The Kier molecular flexibility index (Phi) is 4.89. The monoisotopic (exact) mass is 302 g/mol. The molecular formula is C20H30O2. The molecular weight excluding hydrogens is 272 g/mol. The highest BCUT2D eigenvalue weighted by atomic mass is 16.5. The minimum atomic E-state index is -0.0584. The molecule has 1 aromatic carbocycles. The van der Waals surface area contributed by atoms with Gasteiger partial charge in [-0.1, -0.05) is 11.6 Å². The molecule has 22 heavy (non-hydrogen) atoms. The first-order valence-corrected chi connectivity index (χ1v) is 8.28. The van der Waals surface area contributed by atoms with E-state index in [2.05, 4.69) is 47.6 Å². The highest BCUT2D eigenvalue weighted by Crippen LogP contribution is 2.44. The van der Waals surface area contributed by atoms with Gasteiger partial charge >= 0.3 is 0 Å². The molecule has 1 aliphatic heterocycles. The second-order valence-corrected chi connectivity index (χ2v) is 7.09. The number of rotatable bonds is 4. The van der Waals surface area contributed by atoms with Gasteiger partial charge in [-0.3, -0.25) is 0 Å².